The molecule has 2 amide bonds. The number of phenols is 1. The number of carbonyl (C=O) groups is 1. The van der Waals surface area contributed by atoms with Crippen LogP contribution in [-0.2, 0) is 4.74 Å². The number of hydrogen-bond donors (Lipinski definition) is 4. The Morgan fingerprint density at radius 2 is 2.08 bits per heavy atom. The summed E-state index contributed by atoms with van der Waals surface area (Å²) in [6.45, 7) is 7.91. The van der Waals surface area contributed by atoms with E-state index in [1.165, 1.54) is 12.1 Å². The summed E-state index contributed by atoms with van der Waals surface area (Å²) < 4.78 is 5.32. The van der Waals surface area contributed by atoms with E-state index in [2.05, 4.69) is 15.5 Å². The average Bonchev–Trinajstić information content (AvgIpc) is 2.52. The van der Waals surface area contributed by atoms with Gasteiger partial charge >= 0.3 is 6.03 Å². The van der Waals surface area contributed by atoms with Crippen molar-refractivity contribution in [3.63, 3.8) is 0 Å². The molecule has 134 valence electrons. The van der Waals surface area contributed by atoms with Crippen molar-refractivity contribution in [1.29, 1.82) is 0 Å². The van der Waals surface area contributed by atoms with Crippen LogP contribution in [-0.4, -0.2) is 66.1 Å². The molecule has 0 unspecified atom stereocenters. The van der Waals surface area contributed by atoms with E-state index in [-0.39, 0.29) is 18.3 Å². The Labute approximate surface area is 142 Å². The van der Waals surface area contributed by atoms with E-state index in [0.717, 1.165) is 32.8 Å². The number of rotatable bonds is 6. The minimum Gasteiger partial charge on any atom is -0.508 e. The molecule has 1 aliphatic rings. The second-order valence-corrected chi connectivity index (χ2v) is 6.72. The molecular formula is C17H27N3O4. The maximum Gasteiger partial charge on any atom is 0.315 e. The molecule has 0 bridgehead atoms. The standard InChI is InChI=1S/C17H27N3O4/c1-17(2,12-20-6-8-24-9-7-20)19-16(23)18-11-15(22)13-4-3-5-14(21)10-13/h3-5,10,15,21-22H,6-9,11-12H2,1-2H3,(H2,18,19,23)/t15-/m0/s1. The maximum atomic E-state index is 12.1. The molecule has 1 aromatic rings. The van der Waals surface area contributed by atoms with Gasteiger partial charge in [-0.05, 0) is 31.5 Å². The van der Waals surface area contributed by atoms with Gasteiger partial charge in [-0.1, -0.05) is 12.1 Å². The lowest BCUT2D eigenvalue weighted by Crippen LogP contribution is -2.56. The van der Waals surface area contributed by atoms with E-state index in [4.69, 9.17) is 4.74 Å². The first-order valence-corrected chi connectivity index (χ1v) is 8.19. The zero-order chi connectivity index (χ0) is 17.6. The van der Waals surface area contributed by atoms with Gasteiger partial charge in [0, 0.05) is 31.7 Å². The van der Waals surface area contributed by atoms with E-state index in [1.807, 2.05) is 13.8 Å². The molecule has 1 fully saturated rings. The lowest BCUT2D eigenvalue weighted by molar-refractivity contribution is 0.0280. The predicted octanol–water partition coefficient (Wildman–Crippen LogP) is 0.836. The monoisotopic (exact) mass is 337 g/mol. The van der Waals surface area contributed by atoms with Gasteiger partial charge in [0.2, 0.25) is 0 Å². The highest BCUT2D eigenvalue weighted by Gasteiger charge is 2.25. The number of nitrogens with one attached hydrogen (secondary N) is 2. The molecule has 1 heterocycles. The van der Waals surface area contributed by atoms with Gasteiger partial charge in [0.1, 0.15) is 5.75 Å². The summed E-state index contributed by atoms with van der Waals surface area (Å²) in [6, 6.07) is 6.04. The molecule has 0 spiro atoms. The summed E-state index contributed by atoms with van der Waals surface area (Å²) in [6.07, 6.45) is -0.870. The molecule has 1 atom stereocenters. The molecule has 0 aliphatic carbocycles. The zero-order valence-electron chi connectivity index (χ0n) is 14.3. The molecule has 0 saturated carbocycles. The van der Waals surface area contributed by atoms with E-state index in [9.17, 15) is 15.0 Å². The number of phenolic OH excluding ortho intramolecular Hbond substituents is 1. The lowest BCUT2D eigenvalue weighted by atomic mass is 10.0. The van der Waals surface area contributed by atoms with Crippen molar-refractivity contribution in [2.75, 3.05) is 39.4 Å². The van der Waals surface area contributed by atoms with Gasteiger partial charge in [0.15, 0.2) is 0 Å². The maximum absolute atomic E-state index is 12.1. The van der Waals surface area contributed by atoms with Gasteiger partial charge in [-0.2, -0.15) is 0 Å². The average molecular weight is 337 g/mol. The topological polar surface area (TPSA) is 94.1 Å². The molecule has 0 radical (unpaired) electrons. The van der Waals surface area contributed by atoms with Crippen molar-refractivity contribution in [2.45, 2.75) is 25.5 Å². The van der Waals surface area contributed by atoms with Crippen molar-refractivity contribution in [3.8, 4) is 5.75 Å². The number of aliphatic hydroxyl groups is 1. The van der Waals surface area contributed by atoms with Gasteiger partial charge in [-0.3, -0.25) is 4.90 Å². The summed E-state index contributed by atoms with van der Waals surface area (Å²) in [7, 11) is 0. The van der Waals surface area contributed by atoms with Gasteiger partial charge in [0.05, 0.1) is 19.3 Å². The van der Waals surface area contributed by atoms with Crippen LogP contribution in [0.1, 0.15) is 25.5 Å². The molecule has 1 aromatic carbocycles. The highest BCUT2D eigenvalue weighted by atomic mass is 16.5. The number of nitrogens with zero attached hydrogens (tertiary/aromatic N) is 1. The number of aliphatic hydroxyl groups excluding tert-OH is 1. The van der Waals surface area contributed by atoms with Gasteiger partial charge in [-0.15, -0.1) is 0 Å². The van der Waals surface area contributed by atoms with Crippen molar-refractivity contribution in [2.24, 2.45) is 0 Å². The molecular weight excluding hydrogens is 310 g/mol. The first-order valence-electron chi connectivity index (χ1n) is 8.19. The van der Waals surface area contributed by atoms with Crippen molar-refractivity contribution in [1.82, 2.24) is 15.5 Å². The number of amides is 2. The second kappa shape index (κ2) is 8.32. The normalized spacial score (nSPS) is 17.3. The van der Waals surface area contributed by atoms with Crippen LogP contribution in [0.15, 0.2) is 24.3 Å². The summed E-state index contributed by atoms with van der Waals surface area (Å²) >= 11 is 0. The van der Waals surface area contributed by atoms with Gasteiger partial charge in [-0.25, -0.2) is 4.79 Å². The van der Waals surface area contributed by atoms with Crippen LogP contribution >= 0.6 is 0 Å². The minimum absolute atomic E-state index is 0.0723. The first-order chi connectivity index (χ1) is 11.4. The third-order valence-corrected chi connectivity index (χ3v) is 3.89. The van der Waals surface area contributed by atoms with Crippen LogP contribution in [0.2, 0.25) is 0 Å². The zero-order valence-corrected chi connectivity index (χ0v) is 14.3. The summed E-state index contributed by atoms with van der Waals surface area (Å²) in [4.78, 5) is 14.3. The number of aromatic hydroxyl groups is 1. The fourth-order valence-electron chi connectivity index (χ4n) is 2.75. The fraction of sp³-hybridized carbons (Fsp3) is 0.588. The first kappa shape index (κ1) is 18.5. The number of morpholine rings is 1. The van der Waals surface area contributed by atoms with Crippen LogP contribution < -0.4 is 10.6 Å². The molecule has 7 nitrogen and oxygen atoms in total. The SMILES string of the molecule is CC(C)(CN1CCOCC1)NC(=O)NC[C@H](O)c1cccc(O)c1. The van der Waals surface area contributed by atoms with Gasteiger partial charge in [0.25, 0.3) is 0 Å². The number of ether oxygens (including phenoxy) is 1. The molecule has 1 aliphatic heterocycles. The van der Waals surface area contributed by atoms with Crippen LogP contribution in [0.3, 0.4) is 0 Å². The fourth-order valence-corrected chi connectivity index (χ4v) is 2.75. The van der Waals surface area contributed by atoms with E-state index >= 15 is 0 Å². The molecule has 7 heteroatoms. The smallest absolute Gasteiger partial charge is 0.315 e. The van der Waals surface area contributed by atoms with E-state index < -0.39 is 11.6 Å². The van der Waals surface area contributed by atoms with Crippen LogP contribution in [0.25, 0.3) is 0 Å². The van der Waals surface area contributed by atoms with Crippen LogP contribution in [0, 0.1) is 0 Å². The number of hydrogen-bond acceptors (Lipinski definition) is 5. The Hall–Kier alpha value is -1.83. The lowest BCUT2D eigenvalue weighted by Gasteiger charge is -2.35. The van der Waals surface area contributed by atoms with E-state index in [0.29, 0.717) is 5.56 Å². The third-order valence-electron chi connectivity index (χ3n) is 3.89. The predicted molar refractivity (Wildman–Crippen MR) is 90.9 cm³/mol. The van der Waals surface area contributed by atoms with Crippen molar-refractivity contribution < 1.29 is 19.7 Å². The van der Waals surface area contributed by atoms with Gasteiger partial charge < -0.3 is 25.6 Å². The Balaban J connectivity index is 1.77. The van der Waals surface area contributed by atoms with Crippen molar-refractivity contribution >= 4 is 6.03 Å². The number of carbonyl (C=O) groups excluding carboxylic acids is 1. The largest absolute Gasteiger partial charge is 0.508 e. The highest BCUT2D eigenvalue weighted by molar-refractivity contribution is 5.74. The number of benzene rings is 1. The Kier molecular flexibility index (Phi) is 6.42. The van der Waals surface area contributed by atoms with Crippen LogP contribution in [0.5, 0.6) is 5.75 Å². The Morgan fingerprint density at radius 1 is 1.38 bits per heavy atom. The molecule has 4 N–H and O–H groups in total. The van der Waals surface area contributed by atoms with E-state index in [1.54, 1.807) is 12.1 Å². The Bertz CT molecular complexity index is 544. The molecule has 0 aromatic heterocycles. The summed E-state index contributed by atoms with van der Waals surface area (Å²) in [5, 5.41) is 25.1. The second-order valence-electron chi connectivity index (χ2n) is 6.72. The highest BCUT2D eigenvalue weighted by Crippen LogP contribution is 2.17. The Morgan fingerprint density at radius 3 is 2.75 bits per heavy atom. The summed E-state index contributed by atoms with van der Waals surface area (Å²) in [5.41, 5.74) is 0.167. The number of urea groups is 1. The summed E-state index contributed by atoms with van der Waals surface area (Å²) in [5.74, 6) is 0.0858. The molecule has 1 saturated heterocycles. The molecule has 2 rings (SSSR count). The molecule has 24 heavy (non-hydrogen) atoms. The quantitative estimate of drug-likeness (QED) is 0.617. The van der Waals surface area contributed by atoms with Crippen molar-refractivity contribution in [3.05, 3.63) is 29.8 Å². The third kappa shape index (κ3) is 5.99. The van der Waals surface area contributed by atoms with Crippen LogP contribution in [0.4, 0.5) is 4.79 Å². The minimum atomic E-state index is -0.870.